The van der Waals surface area contributed by atoms with Crippen molar-refractivity contribution >= 4 is 6.03 Å². The number of aromatic nitrogens is 2. The summed E-state index contributed by atoms with van der Waals surface area (Å²) in [6.45, 7) is 8.70. The SMILES string of the molecule is CCN1CCN(C2CCN([C@H](C)c3nc(C4CC4)no3)CC2)C1=O. The predicted molar refractivity (Wildman–Crippen MR) is 88.6 cm³/mol. The number of hydrogen-bond donors (Lipinski definition) is 0. The third kappa shape index (κ3) is 2.90. The smallest absolute Gasteiger partial charge is 0.320 e. The monoisotopic (exact) mass is 333 g/mol. The fourth-order valence-corrected chi connectivity index (χ4v) is 3.90. The molecule has 2 aliphatic heterocycles. The van der Waals surface area contributed by atoms with E-state index in [1.165, 1.54) is 12.8 Å². The summed E-state index contributed by atoms with van der Waals surface area (Å²) < 4.78 is 5.48. The van der Waals surface area contributed by atoms with E-state index in [2.05, 4.69) is 26.9 Å². The molecule has 1 aliphatic carbocycles. The topological polar surface area (TPSA) is 65.7 Å². The molecule has 0 spiro atoms. The van der Waals surface area contributed by atoms with Crippen LogP contribution in [0.3, 0.4) is 0 Å². The van der Waals surface area contributed by atoms with Crippen molar-refractivity contribution in [3.8, 4) is 0 Å². The molecule has 24 heavy (non-hydrogen) atoms. The second-order valence-electron chi connectivity index (χ2n) is 7.26. The summed E-state index contributed by atoms with van der Waals surface area (Å²) >= 11 is 0. The number of carbonyl (C=O) groups is 1. The molecule has 4 rings (SSSR count). The van der Waals surface area contributed by atoms with Gasteiger partial charge < -0.3 is 14.3 Å². The van der Waals surface area contributed by atoms with Gasteiger partial charge in [-0.25, -0.2) is 4.79 Å². The maximum atomic E-state index is 12.4. The van der Waals surface area contributed by atoms with Crippen molar-refractivity contribution in [1.82, 2.24) is 24.8 Å². The Morgan fingerprint density at radius 2 is 1.92 bits per heavy atom. The van der Waals surface area contributed by atoms with Crippen LogP contribution >= 0.6 is 0 Å². The van der Waals surface area contributed by atoms with Crippen molar-refractivity contribution in [2.75, 3.05) is 32.7 Å². The first-order valence-electron chi connectivity index (χ1n) is 9.30. The summed E-state index contributed by atoms with van der Waals surface area (Å²) in [6, 6.07) is 0.754. The third-order valence-corrected chi connectivity index (χ3v) is 5.75. The standard InChI is InChI=1S/C17H27N5O2/c1-3-20-10-11-22(17(20)23)14-6-8-21(9-7-14)12(2)16-18-15(19-24-16)13-4-5-13/h12-14H,3-11H2,1-2H3/t12-/m1/s1. The van der Waals surface area contributed by atoms with Gasteiger partial charge in [-0.15, -0.1) is 0 Å². The van der Waals surface area contributed by atoms with E-state index in [-0.39, 0.29) is 12.1 Å². The quantitative estimate of drug-likeness (QED) is 0.827. The van der Waals surface area contributed by atoms with Gasteiger partial charge in [0, 0.05) is 44.7 Å². The van der Waals surface area contributed by atoms with E-state index in [1.54, 1.807) is 0 Å². The Labute approximate surface area is 143 Å². The van der Waals surface area contributed by atoms with Crippen LogP contribution < -0.4 is 0 Å². The molecular weight excluding hydrogens is 306 g/mol. The van der Waals surface area contributed by atoms with Gasteiger partial charge in [0.15, 0.2) is 5.82 Å². The molecule has 7 nitrogen and oxygen atoms in total. The van der Waals surface area contributed by atoms with Crippen LogP contribution in [0.15, 0.2) is 4.52 Å². The number of nitrogens with zero attached hydrogens (tertiary/aromatic N) is 5. The summed E-state index contributed by atoms with van der Waals surface area (Å²) in [7, 11) is 0. The van der Waals surface area contributed by atoms with Gasteiger partial charge in [-0.3, -0.25) is 4.90 Å². The molecule has 1 saturated carbocycles. The van der Waals surface area contributed by atoms with E-state index in [0.29, 0.717) is 12.0 Å². The Hall–Kier alpha value is -1.63. The van der Waals surface area contributed by atoms with Gasteiger partial charge in [-0.05, 0) is 39.5 Å². The Morgan fingerprint density at radius 1 is 1.17 bits per heavy atom. The Morgan fingerprint density at radius 3 is 2.54 bits per heavy atom. The second-order valence-corrected chi connectivity index (χ2v) is 7.26. The average Bonchev–Trinajstić information content (AvgIpc) is 3.22. The Bertz CT molecular complexity index is 592. The zero-order valence-corrected chi connectivity index (χ0v) is 14.6. The summed E-state index contributed by atoms with van der Waals surface area (Å²) in [4.78, 5) is 23.3. The van der Waals surface area contributed by atoms with Crippen LogP contribution in [-0.2, 0) is 0 Å². The van der Waals surface area contributed by atoms with Gasteiger partial charge in [-0.1, -0.05) is 5.16 Å². The summed E-state index contributed by atoms with van der Waals surface area (Å²) in [5.74, 6) is 2.15. The molecule has 3 heterocycles. The van der Waals surface area contributed by atoms with Gasteiger partial charge in [-0.2, -0.15) is 4.98 Å². The lowest BCUT2D eigenvalue weighted by Gasteiger charge is -2.38. The van der Waals surface area contributed by atoms with Crippen LogP contribution in [0.1, 0.15) is 63.2 Å². The van der Waals surface area contributed by atoms with Gasteiger partial charge in [0.05, 0.1) is 6.04 Å². The van der Waals surface area contributed by atoms with Crippen LogP contribution in [0, 0.1) is 0 Å². The van der Waals surface area contributed by atoms with Crippen molar-refractivity contribution < 1.29 is 9.32 Å². The van der Waals surface area contributed by atoms with Crippen LogP contribution in [0.5, 0.6) is 0 Å². The molecule has 0 unspecified atom stereocenters. The minimum Gasteiger partial charge on any atom is -0.338 e. The zero-order valence-electron chi connectivity index (χ0n) is 14.6. The van der Waals surface area contributed by atoms with Crippen molar-refractivity contribution in [2.24, 2.45) is 0 Å². The highest BCUT2D eigenvalue weighted by molar-refractivity contribution is 5.76. The maximum absolute atomic E-state index is 12.4. The van der Waals surface area contributed by atoms with E-state index in [1.807, 2.05) is 11.8 Å². The van der Waals surface area contributed by atoms with E-state index in [9.17, 15) is 4.79 Å². The third-order valence-electron chi connectivity index (χ3n) is 5.75. The zero-order chi connectivity index (χ0) is 16.7. The minimum absolute atomic E-state index is 0.160. The Balaban J connectivity index is 1.33. The Kier molecular flexibility index (Phi) is 4.20. The molecular formula is C17H27N5O2. The first-order chi connectivity index (χ1) is 11.7. The number of amides is 2. The molecule has 7 heteroatoms. The predicted octanol–water partition coefficient (Wildman–Crippen LogP) is 2.23. The molecule has 0 N–H and O–H groups in total. The highest BCUT2D eigenvalue weighted by atomic mass is 16.5. The lowest BCUT2D eigenvalue weighted by molar-refractivity contribution is 0.0959. The normalized spacial score (nSPS) is 24.8. The van der Waals surface area contributed by atoms with Crippen LogP contribution in [0.25, 0.3) is 0 Å². The summed E-state index contributed by atoms with van der Waals surface area (Å²) in [5.41, 5.74) is 0. The molecule has 3 aliphatic rings. The molecule has 2 amide bonds. The highest BCUT2D eigenvalue weighted by Gasteiger charge is 2.36. The van der Waals surface area contributed by atoms with E-state index in [0.717, 1.165) is 57.3 Å². The van der Waals surface area contributed by atoms with Crippen molar-refractivity contribution in [1.29, 1.82) is 0 Å². The molecule has 1 aromatic heterocycles. The molecule has 132 valence electrons. The van der Waals surface area contributed by atoms with Gasteiger partial charge >= 0.3 is 6.03 Å². The lowest BCUT2D eigenvalue weighted by Crippen LogP contribution is -2.47. The van der Waals surface area contributed by atoms with Crippen LogP contribution in [-0.4, -0.2) is 69.6 Å². The average molecular weight is 333 g/mol. The largest absolute Gasteiger partial charge is 0.338 e. The minimum atomic E-state index is 0.160. The van der Waals surface area contributed by atoms with Gasteiger partial charge in [0.25, 0.3) is 0 Å². The number of carbonyl (C=O) groups excluding carboxylic acids is 1. The molecule has 2 saturated heterocycles. The maximum Gasteiger partial charge on any atom is 0.320 e. The van der Waals surface area contributed by atoms with E-state index < -0.39 is 0 Å². The molecule has 0 bridgehead atoms. The van der Waals surface area contributed by atoms with E-state index >= 15 is 0 Å². The van der Waals surface area contributed by atoms with Crippen LogP contribution in [0.2, 0.25) is 0 Å². The highest BCUT2D eigenvalue weighted by Crippen LogP contribution is 2.38. The number of hydrogen-bond acceptors (Lipinski definition) is 5. The van der Waals surface area contributed by atoms with Gasteiger partial charge in [0.2, 0.25) is 5.89 Å². The molecule has 1 atom stereocenters. The van der Waals surface area contributed by atoms with Crippen molar-refractivity contribution in [3.63, 3.8) is 0 Å². The second kappa shape index (κ2) is 6.35. The molecule has 0 radical (unpaired) electrons. The van der Waals surface area contributed by atoms with Crippen molar-refractivity contribution in [2.45, 2.75) is 57.5 Å². The first-order valence-corrected chi connectivity index (χ1v) is 9.30. The van der Waals surface area contributed by atoms with Gasteiger partial charge in [0.1, 0.15) is 0 Å². The number of piperidine rings is 1. The van der Waals surface area contributed by atoms with Crippen molar-refractivity contribution in [3.05, 3.63) is 11.7 Å². The first kappa shape index (κ1) is 15.9. The number of rotatable bonds is 5. The number of urea groups is 1. The lowest BCUT2D eigenvalue weighted by atomic mass is 10.0. The summed E-state index contributed by atoms with van der Waals surface area (Å²) in [6.07, 6.45) is 4.43. The number of likely N-dealkylation sites (N-methyl/N-ethyl adjacent to an activating group) is 1. The fraction of sp³-hybridized carbons (Fsp3) is 0.824. The molecule has 3 fully saturated rings. The van der Waals surface area contributed by atoms with Crippen LogP contribution in [0.4, 0.5) is 4.79 Å². The summed E-state index contributed by atoms with van der Waals surface area (Å²) in [5, 5.41) is 4.13. The molecule has 1 aromatic rings. The molecule has 0 aromatic carbocycles. The van der Waals surface area contributed by atoms with E-state index in [4.69, 9.17) is 4.52 Å². The fourth-order valence-electron chi connectivity index (χ4n) is 3.90. The number of likely N-dealkylation sites (tertiary alicyclic amines) is 1.